The highest BCUT2D eigenvalue weighted by Crippen LogP contribution is 2.22. The largest absolute Gasteiger partial charge is 0.403 e. The molecule has 0 aliphatic heterocycles. The molecule has 0 unspecified atom stereocenters. The van der Waals surface area contributed by atoms with Crippen molar-refractivity contribution in [2.24, 2.45) is 0 Å². The summed E-state index contributed by atoms with van der Waals surface area (Å²) in [6.07, 6.45) is -4.79. The predicted molar refractivity (Wildman–Crippen MR) is 49.3 cm³/mol. The highest BCUT2D eigenvalue weighted by molar-refractivity contribution is 7.91. The highest BCUT2D eigenvalue weighted by atomic mass is 32.2. The molecule has 86 valence electrons. The quantitative estimate of drug-likeness (QED) is 0.804. The van der Waals surface area contributed by atoms with Gasteiger partial charge in [0.15, 0.2) is 15.6 Å². The van der Waals surface area contributed by atoms with Gasteiger partial charge in [-0.1, -0.05) is 6.07 Å². The van der Waals surface area contributed by atoms with Gasteiger partial charge in [0.25, 0.3) is 0 Å². The van der Waals surface area contributed by atoms with Crippen LogP contribution >= 0.6 is 0 Å². The van der Waals surface area contributed by atoms with Crippen molar-refractivity contribution in [3.8, 4) is 6.07 Å². The number of halogens is 3. The smallest absolute Gasteiger partial charge is 0.223 e. The molecule has 1 rings (SSSR count). The molecule has 1 aromatic carbocycles. The first-order valence-corrected chi connectivity index (χ1v) is 5.69. The molecule has 0 aromatic heterocycles. The molecular formula is C9H6F3NO2S. The molecule has 0 amide bonds. The molecule has 0 spiro atoms. The maximum atomic E-state index is 12.0. The zero-order chi connectivity index (χ0) is 12.4. The van der Waals surface area contributed by atoms with E-state index in [0.29, 0.717) is 0 Å². The number of hydrogen-bond acceptors (Lipinski definition) is 3. The number of nitriles is 1. The molecule has 0 heterocycles. The summed E-state index contributed by atoms with van der Waals surface area (Å²) in [7, 11) is -4.43. The van der Waals surface area contributed by atoms with Crippen LogP contribution in [0, 0.1) is 11.3 Å². The van der Waals surface area contributed by atoms with Gasteiger partial charge in [-0.3, -0.25) is 0 Å². The Morgan fingerprint density at radius 2 is 1.94 bits per heavy atom. The standard InChI is InChI=1S/C9H6F3NO2S/c10-9(11,12)6-16(14,15)8-3-1-2-7(4-8)5-13/h1-4H,6H2. The predicted octanol–water partition coefficient (Wildman–Crippen LogP) is 1.89. The first-order chi connectivity index (χ1) is 7.24. The lowest BCUT2D eigenvalue weighted by Gasteiger charge is -2.07. The molecule has 3 nitrogen and oxygen atoms in total. The molecule has 0 aliphatic carbocycles. The number of sulfone groups is 1. The summed E-state index contributed by atoms with van der Waals surface area (Å²) in [5, 5.41) is 8.49. The van der Waals surface area contributed by atoms with Crippen LogP contribution in [-0.4, -0.2) is 20.3 Å². The summed E-state index contributed by atoms with van der Waals surface area (Å²) in [6, 6.07) is 6.14. The van der Waals surface area contributed by atoms with E-state index in [2.05, 4.69) is 0 Å². The van der Waals surface area contributed by atoms with E-state index in [4.69, 9.17) is 5.26 Å². The number of nitrogens with zero attached hydrogens (tertiary/aromatic N) is 1. The van der Waals surface area contributed by atoms with E-state index in [1.54, 1.807) is 6.07 Å². The molecule has 0 saturated carbocycles. The SMILES string of the molecule is N#Cc1cccc(S(=O)(=O)CC(F)(F)F)c1. The van der Waals surface area contributed by atoms with Gasteiger partial charge in [0.1, 0.15) is 0 Å². The molecular weight excluding hydrogens is 243 g/mol. The fourth-order valence-electron chi connectivity index (χ4n) is 1.06. The van der Waals surface area contributed by atoms with Crippen molar-refractivity contribution in [1.82, 2.24) is 0 Å². The van der Waals surface area contributed by atoms with Crippen molar-refractivity contribution >= 4 is 9.84 Å². The molecule has 0 saturated heterocycles. The number of hydrogen-bond donors (Lipinski definition) is 0. The Labute approximate surface area is 90.0 Å². The lowest BCUT2D eigenvalue weighted by molar-refractivity contribution is -0.106. The summed E-state index contributed by atoms with van der Waals surface area (Å²) >= 11 is 0. The molecule has 0 atom stereocenters. The first kappa shape index (κ1) is 12.5. The van der Waals surface area contributed by atoms with Crippen molar-refractivity contribution in [2.45, 2.75) is 11.1 Å². The van der Waals surface area contributed by atoms with Crippen molar-refractivity contribution < 1.29 is 21.6 Å². The zero-order valence-electron chi connectivity index (χ0n) is 7.82. The number of benzene rings is 1. The van der Waals surface area contributed by atoms with Gasteiger partial charge in [-0.15, -0.1) is 0 Å². The molecule has 1 aromatic rings. The van der Waals surface area contributed by atoms with Crippen LogP contribution < -0.4 is 0 Å². The summed E-state index contributed by atoms with van der Waals surface area (Å²) < 4.78 is 58.5. The lowest BCUT2D eigenvalue weighted by atomic mass is 10.2. The van der Waals surface area contributed by atoms with E-state index in [0.717, 1.165) is 12.1 Å². The van der Waals surface area contributed by atoms with Crippen LogP contribution in [-0.2, 0) is 9.84 Å². The summed E-state index contributed by atoms with van der Waals surface area (Å²) in [5.41, 5.74) is 0.00301. The van der Waals surface area contributed by atoms with Crippen LogP contribution in [0.5, 0.6) is 0 Å². The van der Waals surface area contributed by atoms with E-state index < -0.39 is 26.7 Å². The molecule has 0 N–H and O–H groups in total. The fourth-order valence-corrected chi connectivity index (χ4v) is 2.25. The molecule has 7 heteroatoms. The van der Waals surface area contributed by atoms with Crippen LogP contribution in [0.1, 0.15) is 5.56 Å². The van der Waals surface area contributed by atoms with Crippen molar-refractivity contribution in [1.29, 1.82) is 5.26 Å². The molecule has 0 fully saturated rings. The Balaban J connectivity index is 3.14. The lowest BCUT2D eigenvalue weighted by Crippen LogP contribution is -2.22. The Bertz CT molecular complexity index is 528. The Morgan fingerprint density at radius 1 is 1.31 bits per heavy atom. The van der Waals surface area contributed by atoms with E-state index in [9.17, 15) is 21.6 Å². The normalized spacial score (nSPS) is 12.1. The van der Waals surface area contributed by atoms with Gasteiger partial charge < -0.3 is 0 Å². The second-order valence-corrected chi connectivity index (χ2v) is 5.00. The van der Waals surface area contributed by atoms with Crippen LogP contribution in [0.3, 0.4) is 0 Å². The molecule has 0 radical (unpaired) electrons. The minimum Gasteiger partial charge on any atom is -0.223 e. The average Bonchev–Trinajstić information content (AvgIpc) is 2.14. The number of rotatable bonds is 2. The van der Waals surface area contributed by atoms with Crippen LogP contribution in [0.25, 0.3) is 0 Å². The second kappa shape index (κ2) is 4.14. The van der Waals surface area contributed by atoms with Gasteiger partial charge in [-0.2, -0.15) is 18.4 Å². The second-order valence-electron chi connectivity index (χ2n) is 3.01. The first-order valence-electron chi connectivity index (χ1n) is 4.04. The third-order valence-electron chi connectivity index (χ3n) is 1.68. The van der Waals surface area contributed by atoms with E-state index in [1.165, 1.54) is 12.1 Å². The van der Waals surface area contributed by atoms with Crippen molar-refractivity contribution in [3.63, 3.8) is 0 Å². The highest BCUT2D eigenvalue weighted by Gasteiger charge is 2.35. The molecule has 0 aliphatic rings. The Kier molecular flexibility index (Phi) is 3.24. The van der Waals surface area contributed by atoms with Gasteiger partial charge in [-0.05, 0) is 18.2 Å². The third kappa shape index (κ3) is 3.24. The van der Waals surface area contributed by atoms with E-state index in [1.807, 2.05) is 0 Å². The van der Waals surface area contributed by atoms with Gasteiger partial charge >= 0.3 is 6.18 Å². The molecule has 0 bridgehead atoms. The van der Waals surface area contributed by atoms with Gasteiger partial charge in [0.2, 0.25) is 0 Å². The summed E-state index contributed by atoms with van der Waals surface area (Å²) in [5.74, 6) is -1.92. The minimum atomic E-state index is -4.79. The monoisotopic (exact) mass is 249 g/mol. The van der Waals surface area contributed by atoms with E-state index in [-0.39, 0.29) is 5.56 Å². The number of alkyl halides is 3. The molecule has 16 heavy (non-hydrogen) atoms. The van der Waals surface area contributed by atoms with Crippen molar-refractivity contribution in [3.05, 3.63) is 29.8 Å². The van der Waals surface area contributed by atoms with Gasteiger partial charge in [-0.25, -0.2) is 8.42 Å². The van der Waals surface area contributed by atoms with Crippen LogP contribution in [0.15, 0.2) is 29.2 Å². The van der Waals surface area contributed by atoms with Gasteiger partial charge in [0, 0.05) is 0 Å². The minimum absolute atomic E-state index is 0.00301. The topological polar surface area (TPSA) is 57.9 Å². The maximum Gasteiger partial charge on any atom is 0.403 e. The van der Waals surface area contributed by atoms with Crippen LogP contribution in [0.2, 0.25) is 0 Å². The van der Waals surface area contributed by atoms with Crippen molar-refractivity contribution in [2.75, 3.05) is 5.75 Å². The third-order valence-corrected chi connectivity index (χ3v) is 3.36. The van der Waals surface area contributed by atoms with E-state index >= 15 is 0 Å². The fraction of sp³-hybridized carbons (Fsp3) is 0.222. The average molecular weight is 249 g/mol. The summed E-state index contributed by atoms with van der Waals surface area (Å²) in [6.45, 7) is 0. The zero-order valence-corrected chi connectivity index (χ0v) is 8.64. The maximum absolute atomic E-state index is 12.0. The Hall–Kier alpha value is -1.55. The van der Waals surface area contributed by atoms with Gasteiger partial charge in [0.05, 0.1) is 16.5 Å². The Morgan fingerprint density at radius 3 is 2.44 bits per heavy atom. The van der Waals surface area contributed by atoms with Crippen LogP contribution in [0.4, 0.5) is 13.2 Å². The summed E-state index contributed by atoms with van der Waals surface area (Å²) in [4.78, 5) is -0.496.